The van der Waals surface area contributed by atoms with Gasteiger partial charge in [-0.1, -0.05) is 12.2 Å². The Morgan fingerprint density at radius 2 is 2.33 bits per heavy atom. The number of nitrogens with two attached hydrogens (primary N) is 1. The minimum Gasteiger partial charge on any atom is -0.396 e. The van der Waals surface area contributed by atoms with E-state index in [-0.39, 0.29) is 6.61 Å². The third-order valence-corrected chi connectivity index (χ3v) is 3.53. The summed E-state index contributed by atoms with van der Waals surface area (Å²) in [6, 6.07) is 2.27. The zero-order valence-electron chi connectivity index (χ0n) is 10.2. The lowest BCUT2D eigenvalue weighted by atomic mass is 9.91. The highest BCUT2D eigenvalue weighted by Crippen LogP contribution is 2.30. The van der Waals surface area contributed by atoms with Crippen molar-refractivity contribution in [1.82, 2.24) is 10.2 Å². The lowest BCUT2D eigenvalue weighted by Crippen LogP contribution is -2.42. The first-order valence-electron chi connectivity index (χ1n) is 6.23. The number of aliphatic hydroxyl groups excluding tert-OH is 1. The molecule has 18 heavy (non-hydrogen) atoms. The summed E-state index contributed by atoms with van der Waals surface area (Å²) < 4.78 is 0. The summed E-state index contributed by atoms with van der Waals surface area (Å²) >= 11 is 5.06. The van der Waals surface area contributed by atoms with Crippen LogP contribution in [0.2, 0.25) is 0 Å². The molecule has 1 aromatic rings. The second kappa shape index (κ2) is 6.06. The summed E-state index contributed by atoms with van der Waals surface area (Å²) in [5.41, 5.74) is 6.50. The summed E-state index contributed by atoms with van der Waals surface area (Å²) in [5.74, 6) is 0.753. The fourth-order valence-electron chi connectivity index (χ4n) is 2.13. The lowest BCUT2D eigenvalue weighted by molar-refractivity contribution is 0.282. The third kappa shape index (κ3) is 2.76. The Kier molecular flexibility index (Phi) is 4.43. The molecule has 0 aliphatic heterocycles. The van der Waals surface area contributed by atoms with E-state index in [1.165, 1.54) is 6.42 Å². The largest absolute Gasteiger partial charge is 0.396 e. The first-order valence-corrected chi connectivity index (χ1v) is 6.64. The van der Waals surface area contributed by atoms with Crippen LogP contribution >= 0.6 is 12.2 Å². The van der Waals surface area contributed by atoms with Gasteiger partial charge >= 0.3 is 0 Å². The Morgan fingerprint density at radius 1 is 1.56 bits per heavy atom. The van der Waals surface area contributed by atoms with Crippen LogP contribution in [0.5, 0.6) is 0 Å². The molecule has 1 heterocycles. The molecular weight excluding hydrogens is 248 g/mol. The fraction of sp³-hybridized carbons (Fsp3) is 0.583. The molecule has 0 radical (unpaired) electrons. The van der Waals surface area contributed by atoms with E-state index in [2.05, 4.69) is 15.1 Å². The Balaban J connectivity index is 2.25. The predicted octanol–water partition coefficient (Wildman–Crippen LogP) is 0.852. The summed E-state index contributed by atoms with van der Waals surface area (Å²) in [4.78, 5) is 2.52. The normalized spacial score (nSPS) is 15.2. The number of thiocarbonyl (C=S) groups is 1. The van der Waals surface area contributed by atoms with Crippen molar-refractivity contribution in [2.24, 2.45) is 5.73 Å². The van der Waals surface area contributed by atoms with E-state index < -0.39 is 0 Å². The van der Waals surface area contributed by atoms with Crippen molar-refractivity contribution in [3.8, 4) is 0 Å². The third-order valence-electron chi connectivity index (χ3n) is 3.31. The molecule has 0 spiro atoms. The van der Waals surface area contributed by atoms with Crippen molar-refractivity contribution in [3.63, 3.8) is 0 Å². The molecular formula is C12H18N4OS. The summed E-state index contributed by atoms with van der Waals surface area (Å²) in [5, 5.41) is 17.1. The maximum atomic E-state index is 9.00. The molecule has 1 aliphatic rings. The molecule has 1 aliphatic carbocycles. The van der Waals surface area contributed by atoms with E-state index in [1.54, 1.807) is 12.3 Å². The quantitative estimate of drug-likeness (QED) is 0.744. The van der Waals surface area contributed by atoms with Crippen molar-refractivity contribution in [3.05, 3.63) is 17.8 Å². The van der Waals surface area contributed by atoms with E-state index in [0.717, 1.165) is 30.8 Å². The fourth-order valence-corrected chi connectivity index (χ4v) is 2.29. The maximum Gasteiger partial charge on any atom is 0.161 e. The minimum absolute atomic E-state index is 0.173. The van der Waals surface area contributed by atoms with E-state index in [9.17, 15) is 0 Å². The van der Waals surface area contributed by atoms with E-state index in [1.807, 2.05) is 0 Å². The number of rotatable bonds is 6. The van der Waals surface area contributed by atoms with Gasteiger partial charge < -0.3 is 15.7 Å². The van der Waals surface area contributed by atoms with Gasteiger partial charge in [-0.05, 0) is 31.7 Å². The molecule has 5 nitrogen and oxygen atoms in total. The first kappa shape index (κ1) is 13.2. The number of hydrogen-bond acceptors (Lipinski definition) is 5. The number of anilines is 1. The second-order valence-electron chi connectivity index (χ2n) is 4.49. The molecule has 1 fully saturated rings. The Morgan fingerprint density at radius 3 is 2.89 bits per heavy atom. The molecule has 1 saturated carbocycles. The van der Waals surface area contributed by atoms with Crippen molar-refractivity contribution in [2.75, 3.05) is 18.1 Å². The van der Waals surface area contributed by atoms with Crippen molar-refractivity contribution in [2.45, 2.75) is 31.7 Å². The van der Waals surface area contributed by atoms with Gasteiger partial charge in [0.25, 0.3) is 0 Å². The van der Waals surface area contributed by atoms with Gasteiger partial charge in [0.2, 0.25) is 0 Å². The van der Waals surface area contributed by atoms with Crippen LogP contribution < -0.4 is 10.6 Å². The van der Waals surface area contributed by atoms with Crippen LogP contribution in [0.4, 0.5) is 5.82 Å². The predicted molar refractivity (Wildman–Crippen MR) is 74.6 cm³/mol. The first-order chi connectivity index (χ1) is 8.74. The van der Waals surface area contributed by atoms with E-state index in [0.29, 0.717) is 17.5 Å². The van der Waals surface area contributed by atoms with Crippen molar-refractivity contribution >= 4 is 23.0 Å². The Labute approximate surface area is 112 Å². The highest BCUT2D eigenvalue weighted by Gasteiger charge is 2.27. The highest BCUT2D eigenvalue weighted by molar-refractivity contribution is 7.80. The van der Waals surface area contributed by atoms with Gasteiger partial charge in [-0.3, -0.25) is 0 Å². The SMILES string of the molecule is NC(=S)c1ccnnc1N(CCCO)C1CCC1. The van der Waals surface area contributed by atoms with Gasteiger partial charge in [0.1, 0.15) is 4.99 Å². The van der Waals surface area contributed by atoms with E-state index >= 15 is 0 Å². The molecule has 1 aromatic heterocycles. The van der Waals surface area contributed by atoms with Crippen LogP contribution in [0.25, 0.3) is 0 Å². The highest BCUT2D eigenvalue weighted by atomic mass is 32.1. The second-order valence-corrected chi connectivity index (χ2v) is 4.93. The molecule has 3 N–H and O–H groups in total. The lowest BCUT2D eigenvalue weighted by Gasteiger charge is -2.38. The van der Waals surface area contributed by atoms with Crippen LogP contribution in [0.15, 0.2) is 12.3 Å². The van der Waals surface area contributed by atoms with Crippen molar-refractivity contribution in [1.29, 1.82) is 0 Å². The smallest absolute Gasteiger partial charge is 0.161 e. The number of hydrogen-bond donors (Lipinski definition) is 2. The molecule has 6 heteroatoms. The van der Waals surface area contributed by atoms with Crippen LogP contribution in [0, 0.1) is 0 Å². The molecule has 0 atom stereocenters. The number of nitrogens with zero attached hydrogens (tertiary/aromatic N) is 3. The summed E-state index contributed by atoms with van der Waals surface area (Å²) in [6.07, 6.45) is 5.85. The number of aromatic nitrogens is 2. The van der Waals surface area contributed by atoms with Gasteiger partial charge in [-0.15, -0.1) is 5.10 Å². The molecule has 0 aromatic carbocycles. The van der Waals surface area contributed by atoms with Crippen molar-refractivity contribution < 1.29 is 5.11 Å². The molecule has 98 valence electrons. The average Bonchev–Trinajstić information content (AvgIpc) is 2.32. The van der Waals surface area contributed by atoms with Gasteiger partial charge in [0, 0.05) is 19.2 Å². The monoisotopic (exact) mass is 266 g/mol. The van der Waals surface area contributed by atoms with Gasteiger partial charge in [-0.2, -0.15) is 5.10 Å². The van der Waals surface area contributed by atoms with Gasteiger partial charge in [0.05, 0.1) is 11.8 Å². The van der Waals surface area contributed by atoms with Crippen LogP contribution in [0.1, 0.15) is 31.2 Å². The average molecular weight is 266 g/mol. The summed E-state index contributed by atoms with van der Waals surface area (Å²) in [7, 11) is 0. The van der Waals surface area contributed by atoms with E-state index in [4.69, 9.17) is 23.1 Å². The van der Waals surface area contributed by atoms with Crippen LogP contribution in [-0.4, -0.2) is 39.5 Å². The molecule has 0 bridgehead atoms. The number of aliphatic hydroxyl groups is 1. The van der Waals surface area contributed by atoms with Gasteiger partial charge in [-0.25, -0.2) is 0 Å². The molecule has 0 amide bonds. The minimum atomic E-state index is 0.173. The summed E-state index contributed by atoms with van der Waals surface area (Å²) in [6.45, 7) is 0.932. The molecule has 2 rings (SSSR count). The Bertz CT molecular complexity index is 422. The Hall–Kier alpha value is -1.27. The zero-order chi connectivity index (χ0) is 13.0. The molecule has 0 saturated heterocycles. The van der Waals surface area contributed by atoms with Gasteiger partial charge in [0.15, 0.2) is 5.82 Å². The standard InChI is InChI=1S/C12H18N4OS/c13-11(18)10-5-6-14-15-12(10)16(7-2-8-17)9-3-1-4-9/h5-6,9,17H,1-4,7-8H2,(H2,13,18). The van der Waals surface area contributed by atoms with Crippen LogP contribution in [0.3, 0.4) is 0 Å². The zero-order valence-corrected chi connectivity index (χ0v) is 11.1. The molecule has 0 unspecified atom stereocenters. The topological polar surface area (TPSA) is 75.3 Å². The van der Waals surface area contributed by atoms with Crippen LogP contribution in [-0.2, 0) is 0 Å². The maximum absolute atomic E-state index is 9.00.